The number of para-hydroxylation sites is 3. The number of β-lactam (4-membered cyclic amide) rings is 1. The van der Waals surface area contributed by atoms with Gasteiger partial charge in [0, 0.05) is 25.1 Å². The van der Waals surface area contributed by atoms with Gasteiger partial charge in [-0.3, -0.25) is 9.69 Å². The summed E-state index contributed by atoms with van der Waals surface area (Å²) in [4.78, 5) is 22.3. The molecule has 0 aromatic heterocycles. The van der Waals surface area contributed by atoms with Crippen LogP contribution < -0.4 is 9.80 Å². The van der Waals surface area contributed by atoms with E-state index in [-0.39, 0.29) is 5.91 Å². The van der Waals surface area contributed by atoms with E-state index in [4.69, 9.17) is 9.73 Å². The van der Waals surface area contributed by atoms with E-state index >= 15 is 0 Å². The van der Waals surface area contributed by atoms with Crippen LogP contribution in [-0.4, -0.2) is 32.0 Å². The van der Waals surface area contributed by atoms with E-state index in [1.807, 2.05) is 72.6 Å². The first-order valence-electron chi connectivity index (χ1n) is 10.1. The zero-order valence-corrected chi connectivity index (χ0v) is 18.9. The molecule has 6 heteroatoms. The number of halogens is 1. The van der Waals surface area contributed by atoms with Crippen molar-refractivity contribution >= 4 is 44.7 Å². The molecule has 1 amide bonds. The highest BCUT2D eigenvalue weighted by Gasteiger charge is 2.64. The quantitative estimate of drug-likeness (QED) is 0.484. The van der Waals surface area contributed by atoms with Gasteiger partial charge in [0.15, 0.2) is 6.10 Å². The van der Waals surface area contributed by atoms with E-state index in [1.54, 1.807) is 7.11 Å². The number of hydrogen-bond donors (Lipinski definition) is 0. The molecule has 0 spiro atoms. The zero-order chi connectivity index (χ0) is 21.6. The third-order valence-electron chi connectivity index (χ3n) is 6.19. The van der Waals surface area contributed by atoms with Crippen LogP contribution in [0.2, 0.25) is 0 Å². The van der Waals surface area contributed by atoms with E-state index < -0.39 is 11.6 Å². The Morgan fingerprint density at radius 3 is 2.45 bits per heavy atom. The molecule has 2 aliphatic heterocycles. The van der Waals surface area contributed by atoms with Crippen LogP contribution in [0.15, 0.2) is 88.3 Å². The lowest BCUT2D eigenvalue weighted by Crippen LogP contribution is -2.74. The minimum absolute atomic E-state index is 0.0428. The smallest absolute Gasteiger partial charge is 0.259 e. The molecule has 1 saturated heterocycles. The van der Waals surface area contributed by atoms with Crippen LogP contribution in [0, 0.1) is 0 Å². The number of hydrogen-bond acceptors (Lipinski definition) is 4. The molecule has 0 saturated carbocycles. The van der Waals surface area contributed by atoms with E-state index in [0.717, 1.165) is 32.9 Å². The first kappa shape index (κ1) is 20.0. The lowest BCUT2D eigenvalue weighted by Gasteiger charge is -2.56. The predicted molar refractivity (Wildman–Crippen MR) is 127 cm³/mol. The van der Waals surface area contributed by atoms with Crippen molar-refractivity contribution in [2.75, 3.05) is 24.0 Å². The molecule has 0 N–H and O–H groups in total. The minimum Gasteiger partial charge on any atom is -0.369 e. The first-order chi connectivity index (χ1) is 15.1. The minimum atomic E-state index is -0.673. The summed E-state index contributed by atoms with van der Waals surface area (Å²) in [6.45, 7) is 0. The fraction of sp³-hybridized carbons (Fsp3) is 0.200. The number of fused-ring (bicyclic) bond motifs is 3. The molecule has 2 unspecified atom stereocenters. The maximum Gasteiger partial charge on any atom is 0.259 e. The molecule has 2 aliphatic rings. The van der Waals surface area contributed by atoms with Crippen molar-refractivity contribution < 1.29 is 9.53 Å². The summed E-state index contributed by atoms with van der Waals surface area (Å²) in [6.07, 6.45) is -0.0628. The number of methoxy groups -OCH3 is 1. The monoisotopic (exact) mass is 475 g/mol. The van der Waals surface area contributed by atoms with Crippen LogP contribution in [0.4, 0.5) is 17.1 Å². The fourth-order valence-corrected chi connectivity index (χ4v) is 5.25. The van der Waals surface area contributed by atoms with Gasteiger partial charge in [0.1, 0.15) is 11.4 Å². The van der Waals surface area contributed by atoms with Crippen molar-refractivity contribution in [1.29, 1.82) is 0 Å². The summed E-state index contributed by atoms with van der Waals surface area (Å²) in [6, 6.07) is 26.0. The molecule has 1 fully saturated rings. The summed E-state index contributed by atoms with van der Waals surface area (Å²) in [5.74, 6) is 0.819. The van der Waals surface area contributed by atoms with Gasteiger partial charge >= 0.3 is 0 Å². The molecule has 31 heavy (non-hydrogen) atoms. The van der Waals surface area contributed by atoms with Crippen molar-refractivity contribution in [1.82, 2.24) is 0 Å². The second-order valence-electron chi connectivity index (χ2n) is 7.78. The number of carbonyl (C=O) groups excluding carboxylic acids is 1. The molecule has 0 radical (unpaired) electrons. The lowest BCUT2D eigenvalue weighted by molar-refractivity contribution is -0.147. The average Bonchev–Trinajstić information content (AvgIpc) is 2.92. The van der Waals surface area contributed by atoms with Gasteiger partial charge in [-0.2, -0.15) is 0 Å². The number of aliphatic imine (C=N–C) groups is 1. The molecular formula is C25H22BrN3O2. The second-order valence-corrected chi connectivity index (χ2v) is 8.64. The summed E-state index contributed by atoms with van der Waals surface area (Å²) in [7, 11) is 3.62. The van der Waals surface area contributed by atoms with Gasteiger partial charge in [-0.15, -0.1) is 0 Å². The summed E-state index contributed by atoms with van der Waals surface area (Å²) in [5.41, 5.74) is 2.95. The Kier molecular flexibility index (Phi) is 4.91. The summed E-state index contributed by atoms with van der Waals surface area (Å²) >= 11 is 3.66. The molecule has 2 atom stereocenters. The molecule has 5 rings (SSSR count). The largest absolute Gasteiger partial charge is 0.369 e. The summed E-state index contributed by atoms with van der Waals surface area (Å²) in [5, 5.41) is 0. The lowest BCUT2D eigenvalue weighted by atomic mass is 9.71. The van der Waals surface area contributed by atoms with Crippen LogP contribution in [0.5, 0.6) is 0 Å². The number of rotatable bonds is 3. The van der Waals surface area contributed by atoms with Crippen molar-refractivity contribution in [2.24, 2.45) is 4.99 Å². The number of ether oxygens (including phenoxy) is 1. The van der Waals surface area contributed by atoms with E-state index in [0.29, 0.717) is 6.42 Å². The van der Waals surface area contributed by atoms with E-state index in [2.05, 4.69) is 39.0 Å². The van der Waals surface area contributed by atoms with E-state index in [9.17, 15) is 4.79 Å². The molecule has 3 aromatic carbocycles. The molecular weight excluding hydrogens is 454 g/mol. The highest BCUT2D eigenvalue weighted by molar-refractivity contribution is 9.10. The topological polar surface area (TPSA) is 45.1 Å². The number of carbonyl (C=O) groups is 1. The number of nitrogens with zero attached hydrogens (tertiary/aromatic N) is 3. The van der Waals surface area contributed by atoms with Gasteiger partial charge < -0.3 is 9.64 Å². The molecule has 0 aliphatic carbocycles. The van der Waals surface area contributed by atoms with Gasteiger partial charge in [0.05, 0.1) is 17.1 Å². The van der Waals surface area contributed by atoms with Crippen molar-refractivity contribution in [2.45, 2.75) is 18.1 Å². The first-order valence-corrected chi connectivity index (χ1v) is 10.9. The third kappa shape index (κ3) is 2.93. The third-order valence-corrected chi connectivity index (χ3v) is 6.86. The van der Waals surface area contributed by atoms with Gasteiger partial charge in [-0.05, 0) is 45.8 Å². The van der Waals surface area contributed by atoms with Gasteiger partial charge in [-0.25, -0.2) is 4.99 Å². The van der Waals surface area contributed by atoms with Crippen LogP contribution in [-0.2, 0) is 15.1 Å². The fourth-order valence-electron chi connectivity index (χ4n) is 4.70. The Morgan fingerprint density at radius 1 is 1.03 bits per heavy atom. The maximum atomic E-state index is 13.3. The molecule has 3 aromatic rings. The number of amides is 1. The number of anilines is 2. The predicted octanol–water partition coefficient (Wildman–Crippen LogP) is 5.28. The normalized spacial score (nSPS) is 22.0. The van der Waals surface area contributed by atoms with Crippen molar-refractivity contribution in [3.8, 4) is 0 Å². The van der Waals surface area contributed by atoms with Crippen LogP contribution in [0.3, 0.4) is 0 Å². The van der Waals surface area contributed by atoms with E-state index in [1.165, 1.54) is 0 Å². The average molecular weight is 476 g/mol. The Labute approximate surface area is 190 Å². The Morgan fingerprint density at radius 2 is 1.71 bits per heavy atom. The van der Waals surface area contributed by atoms with Crippen LogP contribution in [0.1, 0.15) is 12.0 Å². The molecule has 156 valence electrons. The SMILES string of the molecule is COC1C(=O)N2c3ccccc3N=C(N(C)c3ccccc3Br)CC12c1ccccc1. The van der Waals surface area contributed by atoms with Crippen LogP contribution >= 0.6 is 15.9 Å². The number of benzene rings is 3. The highest BCUT2D eigenvalue weighted by atomic mass is 79.9. The van der Waals surface area contributed by atoms with Crippen molar-refractivity contribution in [3.05, 3.63) is 88.9 Å². The second kappa shape index (κ2) is 7.62. The zero-order valence-electron chi connectivity index (χ0n) is 17.3. The standard InChI is InChI=1S/C25H22BrN3O2/c1-28(20-14-8-6-12-18(20)26)22-16-25(17-10-4-3-5-11-17)23(31-2)24(30)29(25)21-15-9-7-13-19(21)27-22/h3-15,23H,16H2,1-2H3. The highest BCUT2D eigenvalue weighted by Crippen LogP contribution is 2.53. The maximum absolute atomic E-state index is 13.3. The van der Waals surface area contributed by atoms with Gasteiger partial charge in [-0.1, -0.05) is 54.6 Å². The number of amidine groups is 1. The van der Waals surface area contributed by atoms with Crippen LogP contribution in [0.25, 0.3) is 0 Å². The Hall–Kier alpha value is -2.96. The Bertz CT molecular complexity index is 1180. The summed E-state index contributed by atoms with van der Waals surface area (Å²) < 4.78 is 6.76. The van der Waals surface area contributed by atoms with Gasteiger partial charge in [0.25, 0.3) is 5.91 Å². The molecule has 5 nitrogen and oxygen atoms in total. The van der Waals surface area contributed by atoms with Crippen molar-refractivity contribution in [3.63, 3.8) is 0 Å². The molecule has 0 bridgehead atoms. The molecule has 2 heterocycles. The Balaban J connectivity index is 1.73. The van der Waals surface area contributed by atoms with Gasteiger partial charge in [0.2, 0.25) is 0 Å².